The zero-order chi connectivity index (χ0) is 21.7. The summed E-state index contributed by atoms with van der Waals surface area (Å²) in [5.41, 5.74) is 2.08. The first-order valence-corrected chi connectivity index (χ1v) is 9.90. The van der Waals surface area contributed by atoms with E-state index < -0.39 is 17.7 Å². The second-order valence-electron chi connectivity index (χ2n) is 7.03. The van der Waals surface area contributed by atoms with E-state index in [4.69, 9.17) is 9.47 Å². The van der Waals surface area contributed by atoms with Crippen LogP contribution < -0.4 is 4.74 Å². The summed E-state index contributed by atoms with van der Waals surface area (Å²) < 4.78 is 10.6. The Bertz CT molecular complexity index is 955. The van der Waals surface area contributed by atoms with E-state index in [0.29, 0.717) is 43.1 Å². The minimum Gasteiger partial charge on any atom is -0.507 e. The molecule has 1 saturated heterocycles. The van der Waals surface area contributed by atoms with Crippen LogP contribution in [-0.4, -0.2) is 53.5 Å². The standard InChI is InChI=1S/C23H26N2O5/c1-4-30-18-7-6-17(14-15(18)2)21(26)19-20(16-8-10-24-11-9-16)25(12-5-13-29-3)23(28)22(19)27/h6-11,14,20,26H,4-5,12-13H2,1-3H3/b21-19-. The molecule has 0 bridgehead atoms. The SMILES string of the molecule is CCOc1ccc(/C(O)=C2/C(=O)C(=O)N(CCCOC)C2c2ccncc2)cc1C. The number of aliphatic hydroxyl groups is 1. The second-order valence-corrected chi connectivity index (χ2v) is 7.03. The maximum Gasteiger partial charge on any atom is 0.295 e. The minimum absolute atomic E-state index is 0.0761. The molecule has 0 spiro atoms. The summed E-state index contributed by atoms with van der Waals surface area (Å²) in [6.45, 7) is 5.09. The van der Waals surface area contributed by atoms with Crippen molar-refractivity contribution >= 4 is 17.4 Å². The Morgan fingerprint density at radius 2 is 1.93 bits per heavy atom. The number of rotatable bonds is 8. The molecular formula is C23H26N2O5. The molecular weight excluding hydrogens is 384 g/mol. The Balaban J connectivity index is 2.08. The van der Waals surface area contributed by atoms with Crippen molar-refractivity contribution in [2.24, 2.45) is 0 Å². The van der Waals surface area contributed by atoms with Gasteiger partial charge in [-0.25, -0.2) is 0 Å². The number of amides is 1. The monoisotopic (exact) mass is 410 g/mol. The number of benzene rings is 1. The van der Waals surface area contributed by atoms with Gasteiger partial charge in [-0.3, -0.25) is 14.6 Å². The highest BCUT2D eigenvalue weighted by Gasteiger charge is 2.45. The molecule has 1 N–H and O–H groups in total. The zero-order valence-corrected chi connectivity index (χ0v) is 17.4. The molecule has 1 aromatic carbocycles. The molecule has 0 radical (unpaired) electrons. The summed E-state index contributed by atoms with van der Waals surface area (Å²) in [7, 11) is 1.59. The molecule has 0 saturated carbocycles. The lowest BCUT2D eigenvalue weighted by molar-refractivity contribution is -0.140. The van der Waals surface area contributed by atoms with Gasteiger partial charge in [0.2, 0.25) is 0 Å². The number of hydrogen-bond donors (Lipinski definition) is 1. The van der Waals surface area contributed by atoms with Crippen LogP contribution in [0.4, 0.5) is 0 Å². The molecule has 1 aliphatic heterocycles. The quantitative estimate of drug-likeness (QED) is 0.311. The van der Waals surface area contributed by atoms with Crippen LogP contribution in [0.25, 0.3) is 5.76 Å². The number of nitrogens with zero attached hydrogens (tertiary/aromatic N) is 2. The van der Waals surface area contributed by atoms with Crippen molar-refractivity contribution in [1.82, 2.24) is 9.88 Å². The lowest BCUT2D eigenvalue weighted by atomic mass is 9.95. The molecule has 2 aromatic rings. The highest BCUT2D eigenvalue weighted by atomic mass is 16.5. The Kier molecular flexibility index (Phi) is 6.84. The van der Waals surface area contributed by atoms with Crippen LogP contribution in [0.1, 0.15) is 36.1 Å². The van der Waals surface area contributed by atoms with Gasteiger partial charge in [-0.05, 0) is 61.7 Å². The number of likely N-dealkylation sites (tertiary alicyclic amines) is 1. The van der Waals surface area contributed by atoms with Crippen LogP contribution in [0.3, 0.4) is 0 Å². The smallest absolute Gasteiger partial charge is 0.295 e. The number of Topliss-reactive ketones (excluding diaryl/α,β-unsaturated/α-hetero) is 1. The average Bonchev–Trinajstić information content (AvgIpc) is 3.00. The fourth-order valence-electron chi connectivity index (χ4n) is 3.65. The number of aliphatic hydroxyl groups excluding tert-OH is 1. The van der Waals surface area contributed by atoms with Gasteiger partial charge < -0.3 is 19.5 Å². The highest BCUT2D eigenvalue weighted by molar-refractivity contribution is 6.46. The van der Waals surface area contributed by atoms with Crippen LogP contribution >= 0.6 is 0 Å². The lowest BCUT2D eigenvalue weighted by Crippen LogP contribution is -2.31. The van der Waals surface area contributed by atoms with Crippen molar-refractivity contribution in [3.8, 4) is 5.75 Å². The van der Waals surface area contributed by atoms with Gasteiger partial charge in [0.1, 0.15) is 11.5 Å². The molecule has 1 fully saturated rings. The van der Waals surface area contributed by atoms with E-state index >= 15 is 0 Å². The summed E-state index contributed by atoms with van der Waals surface area (Å²) >= 11 is 0. The number of hydrogen-bond acceptors (Lipinski definition) is 6. The van der Waals surface area contributed by atoms with Gasteiger partial charge in [0, 0.05) is 38.2 Å². The largest absolute Gasteiger partial charge is 0.507 e. The Morgan fingerprint density at radius 3 is 2.57 bits per heavy atom. The molecule has 0 aliphatic carbocycles. The number of ether oxygens (including phenoxy) is 2. The molecule has 3 rings (SSSR count). The van der Waals surface area contributed by atoms with E-state index in [1.165, 1.54) is 4.90 Å². The third kappa shape index (κ3) is 4.21. The van der Waals surface area contributed by atoms with E-state index in [2.05, 4.69) is 4.98 Å². The van der Waals surface area contributed by atoms with Crippen molar-refractivity contribution in [2.45, 2.75) is 26.3 Å². The van der Waals surface area contributed by atoms with Crippen molar-refractivity contribution in [3.05, 3.63) is 65.0 Å². The summed E-state index contributed by atoms with van der Waals surface area (Å²) in [4.78, 5) is 31.2. The zero-order valence-electron chi connectivity index (χ0n) is 17.4. The number of aryl methyl sites for hydroxylation is 1. The van der Waals surface area contributed by atoms with Crippen LogP contribution in [0.15, 0.2) is 48.3 Å². The topological polar surface area (TPSA) is 89.0 Å². The van der Waals surface area contributed by atoms with Gasteiger partial charge in [-0.1, -0.05) is 0 Å². The summed E-state index contributed by atoms with van der Waals surface area (Å²) in [6, 6.07) is 8.01. The van der Waals surface area contributed by atoms with Gasteiger partial charge in [-0.15, -0.1) is 0 Å². The van der Waals surface area contributed by atoms with E-state index in [9.17, 15) is 14.7 Å². The molecule has 1 aliphatic rings. The first-order chi connectivity index (χ1) is 14.5. The highest BCUT2D eigenvalue weighted by Crippen LogP contribution is 2.39. The number of methoxy groups -OCH3 is 1. The molecule has 1 unspecified atom stereocenters. The number of carbonyl (C=O) groups excluding carboxylic acids is 2. The number of aromatic nitrogens is 1. The molecule has 158 valence electrons. The maximum absolute atomic E-state index is 12.9. The molecule has 1 amide bonds. The first-order valence-electron chi connectivity index (χ1n) is 9.90. The fraction of sp³-hybridized carbons (Fsp3) is 0.348. The number of pyridine rings is 1. The molecule has 7 nitrogen and oxygen atoms in total. The van der Waals surface area contributed by atoms with Crippen molar-refractivity contribution in [3.63, 3.8) is 0 Å². The van der Waals surface area contributed by atoms with Crippen molar-refractivity contribution < 1.29 is 24.2 Å². The van der Waals surface area contributed by atoms with E-state index in [1.54, 1.807) is 49.8 Å². The van der Waals surface area contributed by atoms with Gasteiger partial charge in [0.25, 0.3) is 11.7 Å². The molecule has 1 aromatic heterocycles. The van der Waals surface area contributed by atoms with Crippen molar-refractivity contribution in [2.75, 3.05) is 26.9 Å². The van der Waals surface area contributed by atoms with E-state index in [1.807, 2.05) is 13.8 Å². The molecule has 7 heteroatoms. The third-order valence-corrected chi connectivity index (χ3v) is 5.06. The lowest BCUT2D eigenvalue weighted by Gasteiger charge is -2.25. The van der Waals surface area contributed by atoms with Crippen LogP contribution in [-0.2, 0) is 14.3 Å². The summed E-state index contributed by atoms with van der Waals surface area (Å²) in [5.74, 6) is -0.814. The molecule has 30 heavy (non-hydrogen) atoms. The van der Waals surface area contributed by atoms with Crippen LogP contribution in [0.5, 0.6) is 5.75 Å². The Labute approximate surface area is 175 Å². The minimum atomic E-state index is -0.696. The number of carbonyl (C=O) groups is 2. The second kappa shape index (κ2) is 9.54. The van der Waals surface area contributed by atoms with Gasteiger partial charge in [0.15, 0.2) is 0 Å². The Hall–Kier alpha value is -3.19. The van der Waals surface area contributed by atoms with E-state index in [0.717, 1.165) is 5.56 Å². The summed E-state index contributed by atoms with van der Waals surface area (Å²) in [6.07, 6.45) is 3.78. The van der Waals surface area contributed by atoms with Crippen LogP contribution in [0, 0.1) is 6.92 Å². The predicted octanol–water partition coefficient (Wildman–Crippen LogP) is 3.25. The van der Waals surface area contributed by atoms with Crippen molar-refractivity contribution in [1.29, 1.82) is 0 Å². The van der Waals surface area contributed by atoms with Gasteiger partial charge in [0.05, 0.1) is 18.2 Å². The molecule has 1 atom stereocenters. The number of ketones is 1. The normalized spacial score (nSPS) is 18.1. The maximum atomic E-state index is 12.9. The van der Waals surface area contributed by atoms with Crippen LogP contribution in [0.2, 0.25) is 0 Å². The third-order valence-electron chi connectivity index (χ3n) is 5.06. The van der Waals surface area contributed by atoms with Gasteiger partial charge in [-0.2, -0.15) is 0 Å². The summed E-state index contributed by atoms with van der Waals surface area (Å²) in [5, 5.41) is 11.1. The average molecular weight is 410 g/mol. The predicted molar refractivity (Wildman–Crippen MR) is 112 cm³/mol. The van der Waals surface area contributed by atoms with Gasteiger partial charge >= 0.3 is 0 Å². The Morgan fingerprint density at radius 1 is 1.20 bits per heavy atom. The first kappa shape index (κ1) is 21.5. The van der Waals surface area contributed by atoms with E-state index in [-0.39, 0.29) is 11.3 Å². The fourth-order valence-corrected chi connectivity index (χ4v) is 3.65. The molecule has 2 heterocycles.